The van der Waals surface area contributed by atoms with Gasteiger partial charge in [-0.2, -0.15) is 5.26 Å². The van der Waals surface area contributed by atoms with Crippen molar-refractivity contribution in [2.45, 2.75) is 31.9 Å². The lowest BCUT2D eigenvalue weighted by atomic mass is 9.83. The Kier molecular flexibility index (Phi) is 6.58. The van der Waals surface area contributed by atoms with Crippen LogP contribution < -0.4 is 0 Å². The fourth-order valence-electron chi connectivity index (χ4n) is 4.19. The fraction of sp³-hybridized carbons (Fsp3) is 0.375. The molecule has 1 aromatic heterocycles. The van der Waals surface area contributed by atoms with Crippen molar-refractivity contribution < 1.29 is 10.2 Å². The molecule has 166 valence electrons. The van der Waals surface area contributed by atoms with Crippen LogP contribution in [0, 0.1) is 17.2 Å². The van der Waals surface area contributed by atoms with Crippen molar-refractivity contribution in [1.82, 2.24) is 19.9 Å². The van der Waals surface area contributed by atoms with E-state index in [0.29, 0.717) is 28.5 Å². The smallest absolute Gasteiger partial charge is 0.113 e. The Balaban J connectivity index is 1.50. The molecule has 0 radical (unpaired) electrons. The van der Waals surface area contributed by atoms with Crippen LogP contribution in [0.3, 0.4) is 0 Å². The van der Waals surface area contributed by atoms with Gasteiger partial charge in [0.05, 0.1) is 29.7 Å². The predicted octanol–water partition coefficient (Wildman–Crippen LogP) is 3.41. The highest BCUT2D eigenvalue weighted by molar-refractivity contribution is 6.31. The molecule has 2 heterocycles. The molecule has 0 unspecified atom stereocenters. The van der Waals surface area contributed by atoms with Gasteiger partial charge in [0.1, 0.15) is 11.8 Å². The van der Waals surface area contributed by atoms with Crippen molar-refractivity contribution in [2.24, 2.45) is 5.92 Å². The molecule has 1 fully saturated rings. The molecular formula is C24H26ClN5O2. The van der Waals surface area contributed by atoms with E-state index >= 15 is 0 Å². The Morgan fingerprint density at radius 3 is 2.84 bits per heavy atom. The van der Waals surface area contributed by atoms with Gasteiger partial charge in [0.15, 0.2) is 0 Å². The summed E-state index contributed by atoms with van der Waals surface area (Å²) >= 11 is 6.61. The SMILES string of the molecule is C[C@@](O)(CO)[C@H]1CCCN(Cc2ccc(-c3cn(-c4ccccc4C#N)nn3)cc2Cl)C1. The lowest BCUT2D eigenvalue weighted by Gasteiger charge is -2.39. The average molecular weight is 452 g/mol. The molecule has 0 amide bonds. The Bertz CT molecular complexity index is 1140. The van der Waals surface area contributed by atoms with Crippen molar-refractivity contribution in [2.75, 3.05) is 19.7 Å². The van der Waals surface area contributed by atoms with E-state index in [1.54, 1.807) is 23.9 Å². The van der Waals surface area contributed by atoms with E-state index in [2.05, 4.69) is 21.3 Å². The summed E-state index contributed by atoms with van der Waals surface area (Å²) in [6.45, 7) is 3.80. The second-order valence-electron chi connectivity index (χ2n) is 8.57. The molecule has 7 nitrogen and oxygen atoms in total. The number of halogens is 1. The second-order valence-corrected chi connectivity index (χ2v) is 8.98. The first kappa shape index (κ1) is 22.4. The van der Waals surface area contributed by atoms with Crippen molar-refractivity contribution in [3.8, 4) is 23.0 Å². The molecule has 1 saturated heterocycles. The largest absolute Gasteiger partial charge is 0.393 e. The van der Waals surface area contributed by atoms with Crippen LogP contribution in [0.25, 0.3) is 16.9 Å². The molecule has 8 heteroatoms. The van der Waals surface area contributed by atoms with Crippen LogP contribution in [0.4, 0.5) is 0 Å². The normalized spacial score (nSPS) is 18.8. The highest BCUT2D eigenvalue weighted by atomic mass is 35.5. The van der Waals surface area contributed by atoms with Crippen molar-refractivity contribution in [3.63, 3.8) is 0 Å². The number of nitriles is 1. The Labute approximate surface area is 192 Å². The molecule has 1 aliphatic rings. The van der Waals surface area contributed by atoms with Crippen LogP contribution in [0.1, 0.15) is 30.9 Å². The van der Waals surface area contributed by atoms with Crippen LogP contribution in [0.15, 0.2) is 48.7 Å². The molecule has 1 aliphatic heterocycles. The summed E-state index contributed by atoms with van der Waals surface area (Å²) in [6.07, 6.45) is 3.67. The summed E-state index contributed by atoms with van der Waals surface area (Å²) in [5, 5.41) is 38.3. The number of piperidine rings is 1. The molecule has 4 rings (SSSR count). The lowest BCUT2D eigenvalue weighted by Crippen LogP contribution is -2.47. The van der Waals surface area contributed by atoms with Gasteiger partial charge in [-0.3, -0.25) is 4.90 Å². The number of nitrogens with zero attached hydrogens (tertiary/aromatic N) is 5. The second kappa shape index (κ2) is 9.39. The number of likely N-dealkylation sites (tertiary alicyclic amines) is 1. The van der Waals surface area contributed by atoms with Gasteiger partial charge in [-0.05, 0) is 50.1 Å². The molecule has 2 aromatic carbocycles. The number of hydrogen-bond acceptors (Lipinski definition) is 6. The summed E-state index contributed by atoms with van der Waals surface area (Å²) in [6, 6.07) is 15.3. The number of hydrogen-bond donors (Lipinski definition) is 2. The van der Waals surface area contributed by atoms with Gasteiger partial charge < -0.3 is 10.2 Å². The van der Waals surface area contributed by atoms with Crippen LogP contribution >= 0.6 is 11.6 Å². The first-order valence-electron chi connectivity index (χ1n) is 10.7. The van der Waals surface area contributed by atoms with Gasteiger partial charge in [0.25, 0.3) is 0 Å². The standard InChI is InChI=1S/C24H26ClN5O2/c1-24(32,16-31)20-6-4-10-29(14-20)13-19-9-8-17(11-21(19)25)22-15-30(28-27-22)23-7-3-2-5-18(23)12-26/h2-3,5,7-9,11,15,20,31-32H,4,6,10,13-14,16H2,1H3/t20-,24+/m0/s1. The monoisotopic (exact) mass is 451 g/mol. The third-order valence-electron chi connectivity index (χ3n) is 6.21. The molecule has 2 N–H and O–H groups in total. The molecule has 0 spiro atoms. The van der Waals surface area contributed by atoms with E-state index in [-0.39, 0.29) is 12.5 Å². The van der Waals surface area contributed by atoms with E-state index in [4.69, 9.17) is 11.6 Å². The van der Waals surface area contributed by atoms with Gasteiger partial charge in [0, 0.05) is 29.6 Å². The summed E-state index contributed by atoms with van der Waals surface area (Å²) < 4.78 is 1.59. The third-order valence-corrected chi connectivity index (χ3v) is 6.56. The zero-order chi connectivity index (χ0) is 22.7. The van der Waals surface area contributed by atoms with Crippen LogP contribution in [-0.4, -0.2) is 55.4 Å². The minimum absolute atomic E-state index is 0.0330. The number of para-hydroxylation sites is 1. The van der Waals surface area contributed by atoms with Crippen LogP contribution in [0.5, 0.6) is 0 Å². The first-order chi connectivity index (χ1) is 15.4. The van der Waals surface area contributed by atoms with Crippen LogP contribution in [-0.2, 0) is 6.54 Å². The van der Waals surface area contributed by atoms with E-state index in [1.807, 2.05) is 36.4 Å². The summed E-state index contributed by atoms with van der Waals surface area (Å²) in [5.74, 6) is 0.0330. The Morgan fingerprint density at radius 1 is 1.28 bits per heavy atom. The third kappa shape index (κ3) is 4.69. The van der Waals surface area contributed by atoms with Gasteiger partial charge in [-0.1, -0.05) is 41.1 Å². The van der Waals surface area contributed by atoms with Gasteiger partial charge in [-0.15, -0.1) is 5.10 Å². The van der Waals surface area contributed by atoms with E-state index < -0.39 is 5.60 Å². The quantitative estimate of drug-likeness (QED) is 0.596. The Morgan fingerprint density at radius 2 is 2.09 bits per heavy atom. The number of aromatic nitrogens is 3. The first-order valence-corrected chi connectivity index (χ1v) is 11.1. The predicted molar refractivity (Wildman–Crippen MR) is 122 cm³/mol. The summed E-state index contributed by atoms with van der Waals surface area (Å²) in [4.78, 5) is 2.27. The maximum absolute atomic E-state index is 10.4. The molecule has 3 aromatic rings. The summed E-state index contributed by atoms with van der Waals surface area (Å²) in [7, 11) is 0. The molecule has 2 atom stereocenters. The van der Waals surface area contributed by atoms with Gasteiger partial charge >= 0.3 is 0 Å². The van der Waals surface area contributed by atoms with Gasteiger partial charge in [0.2, 0.25) is 0 Å². The van der Waals surface area contributed by atoms with Crippen molar-refractivity contribution in [1.29, 1.82) is 5.26 Å². The maximum Gasteiger partial charge on any atom is 0.113 e. The van der Waals surface area contributed by atoms with Gasteiger partial charge in [-0.25, -0.2) is 4.68 Å². The van der Waals surface area contributed by atoms with E-state index in [0.717, 1.165) is 37.1 Å². The number of benzene rings is 2. The zero-order valence-electron chi connectivity index (χ0n) is 17.9. The van der Waals surface area contributed by atoms with E-state index in [1.165, 1.54) is 0 Å². The summed E-state index contributed by atoms with van der Waals surface area (Å²) in [5.41, 5.74) is 2.65. The minimum atomic E-state index is -1.07. The maximum atomic E-state index is 10.4. The molecule has 0 saturated carbocycles. The number of aliphatic hydroxyl groups is 2. The molecular weight excluding hydrogens is 426 g/mol. The molecule has 0 aliphatic carbocycles. The lowest BCUT2D eigenvalue weighted by molar-refractivity contribution is -0.0697. The molecule has 0 bridgehead atoms. The highest BCUT2D eigenvalue weighted by Gasteiger charge is 2.34. The molecule has 32 heavy (non-hydrogen) atoms. The Hall–Kier alpha value is -2.76. The van der Waals surface area contributed by atoms with E-state index in [9.17, 15) is 15.5 Å². The van der Waals surface area contributed by atoms with Crippen molar-refractivity contribution in [3.05, 3.63) is 64.8 Å². The minimum Gasteiger partial charge on any atom is -0.393 e. The zero-order valence-corrected chi connectivity index (χ0v) is 18.7. The van der Waals surface area contributed by atoms with Crippen LogP contribution in [0.2, 0.25) is 5.02 Å². The highest BCUT2D eigenvalue weighted by Crippen LogP contribution is 2.30. The number of aliphatic hydroxyl groups excluding tert-OH is 1. The fourth-order valence-corrected chi connectivity index (χ4v) is 4.43. The van der Waals surface area contributed by atoms with Crippen molar-refractivity contribution >= 4 is 11.6 Å². The topological polar surface area (TPSA) is 98.2 Å². The average Bonchev–Trinajstić information content (AvgIpc) is 3.30. The number of rotatable bonds is 6.